The second-order valence-electron chi connectivity index (χ2n) is 18.2. The van der Waals surface area contributed by atoms with Crippen LogP contribution in [-0.2, 0) is 48.5 Å². The molecule has 0 unspecified atom stereocenters. The average molecular weight is 1160 g/mol. The van der Waals surface area contributed by atoms with Gasteiger partial charge in [0.2, 0.25) is 0 Å². The first-order valence-electron chi connectivity index (χ1n) is 25.1. The van der Waals surface area contributed by atoms with Crippen molar-refractivity contribution in [3.05, 3.63) is 298 Å². The van der Waals surface area contributed by atoms with E-state index in [1.165, 1.54) is 154 Å². The summed E-state index contributed by atoms with van der Waals surface area (Å²) in [7, 11) is 0. The molecule has 0 saturated heterocycles. The minimum atomic E-state index is 0. The van der Waals surface area contributed by atoms with Crippen LogP contribution in [0.25, 0.3) is 43.1 Å². The molecule has 0 spiro atoms. The summed E-state index contributed by atoms with van der Waals surface area (Å²) in [6.45, 7) is 12.9. The van der Waals surface area contributed by atoms with Crippen molar-refractivity contribution in [3.63, 3.8) is 0 Å². The number of hydrogen-bond acceptors (Lipinski definition) is 0. The zero-order valence-electron chi connectivity index (χ0n) is 43.5. The Morgan fingerprint density at radius 2 is 0.622 bits per heavy atom. The van der Waals surface area contributed by atoms with E-state index in [1.807, 2.05) is 0 Å². The summed E-state index contributed by atoms with van der Waals surface area (Å²) in [5, 5.41) is 10.9. The quantitative estimate of drug-likeness (QED) is 0.146. The first kappa shape index (κ1) is 59.4. The van der Waals surface area contributed by atoms with Gasteiger partial charge >= 0.3 is 198 Å². The maximum absolute atomic E-state index is 3.21. The normalized spacial score (nSPS) is 11.6. The molecule has 0 nitrogen and oxygen atoms in total. The first-order chi connectivity index (χ1) is 35.1. The summed E-state index contributed by atoms with van der Waals surface area (Å²) in [4.78, 5) is 0. The van der Waals surface area contributed by atoms with Crippen molar-refractivity contribution >= 4 is 49.5 Å². The van der Waals surface area contributed by atoms with Crippen LogP contribution in [0.15, 0.2) is 242 Å². The number of allylic oxidation sites excluding steroid dienone is 8. The Morgan fingerprint density at radius 3 is 0.811 bits per heavy atom. The van der Waals surface area contributed by atoms with Gasteiger partial charge in [0.05, 0.1) is 0 Å². The van der Waals surface area contributed by atoms with Crippen LogP contribution >= 0.6 is 0 Å². The van der Waals surface area contributed by atoms with E-state index in [0.717, 1.165) is 25.7 Å². The van der Waals surface area contributed by atoms with Crippen molar-refractivity contribution in [2.75, 3.05) is 0 Å². The molecule has 2 aliphatic carbocycles. The van der Waals surface area contributed by atoms with Crippen LogP contribution in [0.2, 0.25) is 0 Å². The zero-order chi connectivity index (χ0) is 50.7. The summed E-state index contributed by atoms with van der Waals surface area (Å²) in [6.07, 6.45) is 19.3. The van der Waals surface area contributed by atoms with Crippen LogP contribution in [0.4, 0.5) is 0 Å². The standard InChI is InChI=1S/2C15H13.2C13H10.2C7H9.2ClH.2Zr/c2*1-10-3-5-14-12(7-10)9-13-8-11(2)4-6-15(13)14;2*1-3-7-12(8-4-1)11-13-9-5-2-6-10-13;2*1-2-7-5-3-4-6-7;;;;/h2*3-9H,1-2H3;2*1-10H;2*3,5H,2,4H2,1H3;2*1H;;/q2*-1;;;2*-1;;;2*+2/p-2. The monoisotopic (exact) mass is 1150 g/mol. The van der Waals surface area contributed by atoms with E-state index in [0.29, 0.717) is 0 Å². The first-order valence-corrected chi connectivity index (χ1v) is 27.6. The zero-order valence-corrected chi connectivity index (χ0v) is 50.0. The van der Waals surface area contributed by atoms with Crippen LogP contribution in [-0.4, -0.2) is 6.41 Å². The number of aryl methyl sites for hydroxylation is 4. The van der Waals surface area contributed by atoms with Crippen LogP contribution in [0.5, 0.6) is 0 Å². The van der Waals surface area contributed by atoms with Gasteiger partial charge in [0.25, 0.3) is 0 Å². The van der Waals surface area contributed by atoms with Gasteiger partial charge in [-0.25, -0.2) is 23.3 Å². The third kappa shape index (κ3) is 17.3. The second-order valence-corrected chi connectivity index (χ2v) is 20.6. The summed E-state index contributed by atoms with van der Waals surface area (Å²) in [5.41, 5.74) is 13.4. The summed E-state index contributed by atoms with van der Waals surface area (Å²) >= 11 is 2.92. The van der Waals surface area contributed by atoms with Gasteiger partial charge in [0.1, 0.15) is 0 Å². The molecule has 12 rings (SSSR count). The van der Waals surface area contributed by atoms with Crippen LogP contribution in [0.1, 0.15) is 84.0 Å². The van der Waals surface area contributed by atoms with Gasteiger partial charge < -0.3 is 24.8 Å². The molecule has 10 aromatic rings. The number of fused-ring (bicyclic) bond motifs is 6. The number of rotatable bonds is 6. The molecule has 0 fully saturated rings. The predicted molar refractivity (Wildman–Crippen MR) is 307 cm³/mol. The van der Waals surface area contributed by atoms with E-state index in [9.17, 15) is 0 Å². The van der Waals surface area contributed by atoms with E-state index < -0.39 is 0 Å². The molecule has 0 radical (unpaired) electrons. The van der Waals surface area contributed by atoms with Gasteiger partial charge in [0, 0.05) is 0 Å². The van der Waals surface area contributed by atoms with Crippen molar-refractivity contribution in [1.29, 1.82) is 0 Å². The van der Waals surface area contributed by atoms with Gasteiger partial charge in [-0.3, -0.25) is 12.2 Å². The minimum absolute atomic E-state index is 0. The summed E-state index contributed by atoms with van der Waals surface area (Å²) < 4.78 is 2.83. The maximum atomic E-state index is 3.21. The third-order valence-electron chi connectivity index (χ3n) is 12.6. The van der Waals surface area contributed by atoms with E-state index in [2.05, 4.69) is 284 Å². The average Bonchev–Trinajstić information content (AvgIpc) is 4.27. The molecule has 2 aliphatic rings. The molecule has 0 bridgehead atoms. The van der Waals surface area contributed by atoms with Crippen molar-refractivity contribution in [2.45, 2.75) is 67.2 Å². The van der Waals surface area contributed by atoms with E-state index in [-0.39, 0.29) is 24.8 Å². The number of hydrogen-bond donors (Lipinski definition) is 0. The third-order valence-corrected chi connectivity index (χ3v) is 15.4. The molecule has 0 aliphatic heterocycles. The molecule has 0 saturated carbocycles. The van der Waals surface area contributed by atoms with Crippen molar-refractivity contribution in [3.8, 4) is 0 Å². The number of halogens is 2. The predicted octanol–water partition coefficient (Wildman–Crippen LogP) is 12.4. The second kappa shape index (κ2) is 30.8. The molecule has 368 valence electrons. The molecule has 0 amide bonds. The van der Waals surface area contributed by atoms with E-state index in [1.54, 1.807) is 0 Å². The Bertz CT molecular complexity index is 3050. The molecule has 10 aromatic carbocycles. The topological polar surface area (TPSA) is 0 Å². The van der Waals surface area contributed by atoms with Crippen LogP contribution < -0.4 is 24.8 Å². The SMILES string of the molecule is CCC1=[C-]CC=C1.CCC1=[C-]CC=C1.Cc1ccc2c(c1)[cH-]c1cc(C)ccc12.Cc1ccc2c(c1)[cH-]c1cc(C)ccc12.[Cl-].[Cl-].[Zr+2]=[C](c1ccccc1)c1ccccc1.[Zr+2]=[C](c1ccccc1)c1ccccc1. The van der Waals surface area contributed by atoms with Crippen molar-refractivity contribution in [2.24, 2.45) is 0 Å². The molecule has 0 aromatic heterocycles. The number of benzene rings is 8. The Hall–Kier alpha value is -5.45. The van der Waals surface area contributed by atoms with Crippen molar-refractivity contribution < 1.29 is 73.3 Å². The van der Waals surface area contributed by atoms with Crippen molar-refractivity contribution in [1.82, 2.24) is 0 Å². The Morgan fingerprint density at radius 1 is 0.378 bits per heavy atom. The molecular formula is C70H64Cl2Zr2-2. The Kier molecular flexibility index (Phi) is 24.7. The van der Waals surface area contributed by atoms with Crippen LogP contribution in [0.3, 0.4) is 0 Å². The summed E-state index contributed by atoms with van der Waals surface area (Å²) in [5.74, 6) is 0. The molecule has 0 atom stereocenters. The van der Waals surface area contributed by atoms with Gasteiger partial charge in [-0.15, -0.1) is 92.3 Å². The van der Waals surface area contributed by atoms with Gasteiger partial charge in [-0.2, -0.15) is 12.2 Å². The fraction of sp³-hybridized carbons (Fsp3) is 0.143. The molecule has 74 heavy (non-hydrogen) atoms. The van der Waals surface area contributed by atoms with Gasteiger partial charge in [0.15, 0.2) is 0 Å². The molecule has 0 heterocycles. The molecule has 0 N–H and O–H groups in total. The van der Waals surface area contributed by atoms with E-state index in [4.69, 9.17) is 0 Å². The Balaban J connectivity index is 0.000000167. The van der Waals surface area contributed by atoms with Crippen LogP contribution in [0, 0.1) is 39.8 Å². The molecule has 4 heteroatoms. The summed E-state index contributed by atoms with van der Waals surface area (Å²) in [6, 6.07) is 73.4. The van der Waals surface area contributed by atoms with Gasteiger partial charge in [-0.1, -0.05) is 97.5 Å². The van der Waals surface area contributed by atoms with E-state index >= 15 is 0 Å². The van der Waals surface area contributed by atoms with Gasteiger partial charge in [-0.05, 0) is 27.7 Å². The fourth-order valence-electron chi connectivity index (χ4n) is 8.66. The Labute approximate surface area is 483 Å². The fourth-order valence-corrected chi connectivity index (χ4v) is 10.3. The molecular weight excluding hydrogens is 1090 g/mol.